The molecule has 0 unspecified atom stereocenters. The summed E-state index contributed by atoms with van der Waals surface area (Å²) in [4.78, 5) is 13.9. The van der Waals surface area contributed by atoms with Crippen LogP contribution >= 0.6 is 0 Å². The van der Waals surface area contributed by atoms with Crippen LogP contribution in [0, 0.1) is 0 Å². The molecule has 0 saturated carbocycles. The number of rotatable bonds is 1. The van der Waals surface area contributed by atoms with Gasteiger partial charge >= 0.3 is 0 Å². The van der Waals surface area contributed by atoms with Crippen molar-refractivity contribution in [3.8, 4) is 5.69 Å². The van der Waals surface area contributed by atoms with E-state index in [4.69, 9.17) is 4.98 Å². The molecule has 0 atom stereocenters. The van der Waals surface area contributed by atoms with Gasteiger partial charge in [0.05, 0.1) is 40.0 Å². The quantitative estimate of drug-likeness (QED) is 0.270. The van der Waals surface area contributed by atoms with Crippen LogP contribution in [0.25, 0.3) is 65.8 Å². The van der Waals surface area contributed by atoms with Crippen LogP contribution in [-0.2, 0) is 0 Å². The van der Waals surface area contributed by atoms with E-state index < -0.39 is 0 Å². The summed E-state index contributed by atoms with van der Waals surface area (Å²) < 4.78 is 4.57. The Kier molecular flexibility index (Phi) is 3.34. The Morgan fingerprint density at radius 2 is 1.32 bits per heavy atom. The van der Waals surface area contributed by atoms with Crippen LogP contribution in [0.15, 0.2) is 104 Å². The van der Waals surface area contributed by atoms with Gasteiger partial charge in [-0.05, 0) is 36.4 Å². The minimum Gasteiger partial charge on any atom is -0.309 e. The van der Waals surface area contributed by atoms with Crippen LogP contribution < -0.4 is 0 Å². The van der Waals surface area contributed by atoms with Gasteiger partial charge in [-0.25, -0.2) is 4.98 Å². The zero-order valence-corrected chi connectivity index (χ0v) is 18.1. The minimum absolute atomic E-state index is 0.922. The maximum absolute atomic E-state index is 5.04. The van der Waals surface area contributed by atoms with Crippen LogP contribution in [-0.4, -0.2) is 23.9 Å². The molecule has 0 fully saturated rings. The molecule has 8 rings (SSSR count). The molecule has 0 saturated heterocycles. The summed E-state index contributed by atoms with van der Waals surface area (Å²) in [6.07, 6.45) is 7.49. The van der Waals surface area contributed by atoms with E-state index in [1.165, 1.54) is 27.2 Å². The zero-order chi connectivity index (χ0) is 22.2. The van der Waals surface area contributed by atoms with Gasteiger partial charge in [0.25, 0.3) is 0 Å². The first kappa shape index (κ1) is 17.7. The molecule has 8 aromatic rings. The lowest BCUT2D eigenvalue weighted by atomic mass is 10.0. The topological polar surface area (TPSA) is 48.0 Å². The highest BCUT2D eigenvalue weighted by Gasteiger charge is 2.20. The summed E-state index contributed by atoms with van der Waals surface area (Å²) >= 11 is 0. The van der Waals surface area contributed by atoms with Crippen molar-refractivity contribution >= 4 is 60.2 Å². The third-order valence-corrected chi connectivity index (χ3v) is 6.86. The first-order valence-corrected chi connectivity index (χ1v) is 11.3. The molecule has 0 bridgehead atoms. The van der Waals surface area contributed by atoms with Crippen molar-refractivity contribution in [2.45, 2.75) is 0 Å². The van der Waals surface area contributed by atoms with Crippen molar-refractivity contribution in [1.82, 2.24) is 23.9 Å². The van der Waals surface area contributed by atoms with Gasteiger partial charge in [0.1, 0.15) is 5.65 Å². The molecule has 0 aliphatic heterocycles. The largest absolute Gasteiger partial charge is 0.309 e. The fraction of sp³-hybridized carbons (Fsp3) is 0. The van der Waals surface area contributed by atoms with Crippen molar-refractivity contribution in [3.63, 3.8) is 0 Å². The molecule has 0 N–H and O–H groups in total. The van der Waals surface area contributed by atoms with Gasteiger partial charge in [-0.3, -0.25) is 14.4 Å². The number of fused-ring (bicyclic) bond motifs is 12. The van der Waals surface area contributed by atoms with Gasteiger partial charge in [0, 0.05) is 45.0 Å². The number of nitrogens with zero attached hydrogens (tertiary/aromatic N) is 5. The number of aromatic nitrogens is 5. The Morgan fingerprint density at radius 1 is 0.559 bits per heavy atom. The van der Waals surface area contributed by atoms with E-state index in [2.05, 4.69) is 91.7 Å². The standard InChI is InChI=1S/C29H17N5/c1-2-6-18(7-3-1)33-24-9-5-4-8-19(24)20-10-11-22-27(28(20)33)21-12-14-30-16-25(21)34-26-17-31-15-13-23(26)32-29(22)34/h1-17H. The number of hydrogen-bond donors (Lipinski definition) is 0. The Hall–Kier alpha value is -4.77. The summed E-state index contributed by atoms with van der Waals surface area (Å²) in [5.74, 6) is 0. The van der Waals surface area contributed by atoms with Crippen LogP contribution in [0.5, 0.6) is 0 Å². The van der Waals surface area contributed by atoms with Crippen LogP contribution in [0.4, 0.5) is 0 Å². The number of benzene rings is 3. The Morgan fingerprint density at radius 3 is 2.24 bits per heavy atom. The predicted molar refractivity (Wildman–Crippen MR) is 138 cm³/mol. The first-order valence-electron chi connectivity index (χ1n) is 11.3. The maximum Gasteiger partial charge on any atom is 0.146 e. The number of pyridine rings is 3. The molecule has 5 heterocycles. The predicted octanol–water partition coefficient (Wildman–Crippen LogP) is 6.68. The normalized spacial score (nSPS) is 12.1. The Labute approximate surface area is 193 Å². The van der Waals surface area contributed by atoms with Gasteiger partial charge in [-0.15, -0.1) is 0 Å². The molecule has 0 aliphatic carbocycles. The van der Waals surface area contributed by atoms with E-state index in [1.54, 1.807) is 6.20 Å². The molecule has 0 spiro atoms. The van der Waals surface area contributed by atoms with Crippen molar-refractivity contribution in [2.75, 3.05) is 0 Å². The van der Waals surface area contributed by atoms with Gasteiger partial charge in [-0.1, -0.05) is 42.5 Å². The smallest absolute Gasteiger partial charge is 0.146 e. The van der Waals surface area contributed by atoms with E-state index in [9.17, 15) is 0 Å². The van der Waals surface area contributed by atoms with Gasteiger partial charge < -0.3 is 4.57 Å². The zero-order valence-electron chi connectivity index (χ0n) is 18.1. The lowest BCUT2D eigenvalue weighted by Gasteiger charge is -2.13. The van der Waals surface area contributed by atoms with Gasteiger partial charge in [0.15, 0.2) is 0 Å². The third kappa shape index (κ3) is 2.16. The van der Waals surface area contributed by atoms with Gasteiger partial charge in [-0.2, -0.15) is 0 Å². The fourth-order valence-electron chi connectivity index (χ4n) is 5.49. The molecule has 158 valence electrons. The summed E-state index contributed by atoms with van der Waals surface area (Å²) in [5, 5.41) is 5.91. The summed E-state index contributed by atoms with van der Waals surface area (Å²) in [6.45, 7) is 0. The number of para-hydroxylation sites is 2. The maximum atomic E-state index is 5.04. The molecule has 0 radical (unpaired) electrons. The van der Waals surface area contributed by atoms with E-state index in [-0.39, 0.29) is 0 Å². The van der Waals surface area contributed by atoms with Crippen molar-refractivity contribution in [1.29, 1.82) is 0 Å². The second kappa shape index (κ2) is 6.39. The Balaban J connectivity index is 1.73. The van der Waals surface area contributed by atoms with Crippen LogP contribution in [0.2, 0.25) is 0 Å². The first-order chi connectivity index (χ1) is 16.9. The fourth-order valence-corrected chi connectivity index (χ4v) is 5.49. The third-order valence-electron chi connectivity index (χ3n) is 6.86. The summed E-state index contributed by atoms with van der Waals surface area (Å²) in [7, 11) is 0. The van der Waals surface area contributed by atoms with Crippen molar-refractivity contribution < 1.29 is 0 Å². The highest BCUT2D eigenvalue weighted by molar-refractivity contribution is 6.27. The average Bonchev–Trinajstić information content (AvgIpc) is 3.46. The average molecular weight is 435 g/mol. The second-order valence-corrected chi connectivity index (χ2v) is 8.60. The van der Waals surface area contributed by atoms with Crippen LogP contribution in [0.3, 0.4) is 0 Å². The molecular formula is C29H17N5. The lowest BCUT2D eigenvalue weighted by Crippen LogP contribution is -1.97. The molecule has 0 amide bonds. The molecule has 34 heavy (non-hydrogen) atoms. The van der Waals surface area contributed by atoms with Crippen molar-refractivity contribution in [3.05, 3.63) is 104 Å². The van der Waals surface area contributed by atoms with E-state index in [1.807, 2.05) is 24.7 Å². The van der Waals surface area contributed by atoms with E-state index in [0.29, 0.717) is 0 Å². The minimum atomic E-state index is 0.922. The second-order valence-electron chi connectivity index (χ2n) is 8.60. The summed E-state index contributed by atoms with van der Waals surface area (Å²) in [6, 6.07) is 27.8. The molecular weight excluding hydrogens is 418 g/mol. The lowest BCUT2D eigenvalue weighted by molar-refractivity contribution is 1.19. The Bertz CT molecular complexity index is 2070. The highest BCUT2D eigenvalue weighted by Crippen LogP contribution is 2.41. The number of imidazole rings is 1. The van der Waals surface area contributed by atoms with E-state index in [0.717, 1.165) is 38.7 Å². The molecule has 3 aromatic carbocycles. The van der Waals surface area contributed by atoms with Crippen molar-refractivity contribution in [2.24, 2.45) is 0 Å². The van der Waals surface area contributed by atoms with Crippen LogP contribution in [0.1, 0.15) is 0 Å². The SMILES string of the molecule is c1ccc(-n2c3ccccc3c3ccc4c(c5ccncc5n5c6cnccc6nc45)c32)cc1. The highest BCUT2D eigenvalue weighted by atomic mass is 15.0. The molecule has 5 nitrogen and oxygen atoms in total. The molecule has 5 heteroatoms. The number of hydrogen-bond acceptors (Lipinski definition) is 3. The monoisotopic (exact) mass is 435 g/mol. The molecule has 5 aromatic heterocycles. The van der Waals surface area contributed by atoms with Gasteiger partial charge in [0.2, 0.25) is 0 Å². The van der Waals surface area contributed by atoms with E-state index >= 15 is 0 Å². The summed E-state index contributed by atoms with van der Waals surface area (Å²) in [5.41, 5.74) is 7.38. The molecule has 0 aliphatic rings.